The van der Waals surface area contributed by atoms with E-state index in [2.05, 4.69) is 5.48 Å². The second-order valence-corrected chi connectivity index (χ2v) is 4.79. The average molecular weight is 250 g/mol. The van der Waals surface area contributed by atoms with Crippen molar-refractivity contribution >= 4 is 5.91 Å². The van der Waals surface area contributed by atoms with Gasteiger partial charge >= 0.3 is 0 Å². The number of rotatable bonds is 7. The fourth-order valence-corrected chi connectivity index (χ4v) is 1.49. The van der Waals surface area contributed by atoms with Crippen LogP contribution in [0.4, 0.5) is 0 Å². The molecule has 18 heavy (non-hydrogen) atoms. The second-order valence-electron chi connectivity index (χ2n) is 4.79. The Morgan fingerprint density at radius 3 is 2.61 bits per heavy atom. The van der Waals surface area contributed by atoms with Gasteiger partial charge < -0.3 is 5.73 Å². The molecule has 0 aromatic heterocycles. The molecular weight excluding hydrogens is 228 g/mol. The summed E-state index contributed by atoms with van der Waals surface area (Å²) in [6, 6.07) is 9.67. The Balaban J connectivity index is 2.22. The Hall–Kier alpha value is -1.39. The number of carbonyl (C=O) groups excluding carboxylic acids is 1. The number of carbonyl (C=O) groups is 1. The Morgan fingerprint density at radius 2 is 2.00 bits per heavy atom. The normalized spacial score (nSPS) is 12.4. The van der Waals surface area contributed by atoms with Gasteiger partial charge in [0.1, 0.15) is 0 Å². The van der Waals surface area contributed by atoms with Crippen LogP contribution in [0.5, 0.6) is 0 Å². The van der Waals surface area contributed by atoms with Crippen molar-refractivity contribution in [2.24, 2.45) is 11.7 Å². The van der Waals surface area contributed by atoms with E-state index in [0.717, 1.165) is 5.56 Å². The highest BCUT2D eigenvalue weighted by molar-refractivity contribution is 5.74. The number of amides is 1. The van der Waals surface area contributed by atoms with Crippen molar-refractivity contribution < 1.29 is 9.63 Å². The minimum atomic E-state index is -0.123. The molecule has 0 bridgehead atoms. The maximum Gasteiger partial charge on any atom is 0.243 e. The molecule has 0 aliphatic heterocycles. The van der Waals surface area contributed by atoms with Gasteiger partial charge in [0.2, 0.25) is 5.91 Å². The topological polar surface area (TPSA) is 64.3 Å². The summed E-state index contributed by atoms with van der Waals surface area (Å²) >= 11 is 0. The lowest BCUT2D eigenvalue weighted by atomic mass is 10.0. The zero-order chi connectivity index (χ0) is 13.4. The van der Waals surface area contributed by atoms with Crippen molar-refractivity contribution in [3.63, 3.8) is 0 Å². The summed E-state index contributed by atoms with van der Waals surface area (Å²) in [5.41, 5.74) is 9.48. The van der Waals surface area contributed by atoms with E-state index in [1.807, 2.05) is 44.2 Å². The lowest BCUT2D eigenvalue weighted by Crippen LogP contribution is -2.26. The van der Waals surface area contributed by atoms with Crippen LogP contribution < -0.4 is 11.2 Å². The van der Waals surface area contributed by atoms with Gasteiger partial charge in [-0.15, -0.1) is 0 Å². The maximum absolute atomic E-state index is 11.5. The van der Waals surface area contributed by atoms with Crippen molar-refractivity contribution in [3.8, 4) is 0 Å². The molecule has 0 fully saturated rings. The first kappa shape index (κ1) is 14.7. The van der Waals surface area contributed by atoms with E-state index >= 15 is 0 Å². The Bertz CT molecular complexity index is 352. The van der Waals surface area contributed by atoms with E-state index in [1.54, 1.807) is 0 Å². The van der Waals surface area contributed by atoms with Gasteiger partial charge in [-0.05, 0) is 17.9 Å². The van der Waals surface area contributed by atoms with Gasteiger partial charge in [0.15, 0.2) is 0 Å². The van der Waals surface area contributed by atoms with Crippen LogP contribution in [0.25, 0.3) is 0 Å². The lowest BCUT2D eigenvalue weighted by Gasteiger charge is -2.12. The van der Waals surface area contributed by atoms with Crippen molar-refractivity contribution in [2.75, 3.05) is 6.61 Å². The summed E-state index contributed by atoms with van der Waals surface area (Å²) in [4.78, 5) is 16.5. The summed E-state index contributed by atoms with van der Waals surface area (Å²) in [6.45, 7) is 4.57. The second kappa shape index (κ2) is 7.84. The first-order valence-electron chi connectivity index (χ1n) is 6.30. The monoisotopic (exact) mass is 250 g/mol. The van der Waals surface area contributed by atoms with Gasteiger partial charge in [-0.3, -0.25) is 9.63 Å². The summed E-state index contributed by atoms with van der Waals surface area (Å²) in [5.74, 6) is 0.277. The van der Waals surface area contributed by atoms with Crippen LogP contribution in [0.15, 0.2) is 30.3 Å². The molecule has 3 N–H and O–H groups in total. The highest BCUT2D eigenvalue weighted by Gasteiger charge is 2.09. The minimum absolute atomic E-state index is 0.109. The molecule has 0 heterocycles. The molecule has 1 aromatic rings. The van der Waals surface area contributed by atoms with Crippen LogP contribution in [0.3, 0.4) is 0 Å². The van der Waals surface area contributed by atoms with Crippen molar-refractivity contribution in [1.82, 2.24) is 5.48 Å². The Labute approximate surface area is 108 Å². The molecule has 1 rings (SSSR count). The predicted molar refractivity (Wildman–Crippen MR) is 71.5 cm³/mol. The lowest BCUT2D eigenvalue weighted by molar-refractivity contribution is -0.134. The standard InChI is InChI=1S/C14H22N2O2/c1-11(2)10-18-16-14(17)9-8-13(15)12-6-4-3-5-7-12/h3-7,11,13H,8-10,15H2,1-2H3,(H,16,17). The van der Waals surface area contributed by atoms with E-state index in [9.17, 15) is 4.79 Å². The summed E-state index contributed by atoms with van der Waals surface area (Å²) in [6.07, 6.45) is 0.981. The highest BCUT2D eigenvalue weighted by Crippen LogP contribution is 2.14. The van der Waals surface area contributed by atoms with E-state index in [4.69, 9.17) is 10.6 Å². The first-order chi connectivity index (χ1) is 8.59. The van der Waals surface area contributed by atoms with Crippen LogP contribution in [-0.4, -0.2) is 12.5 Å². The van der Waals surface area contributed by atoms with E-state index in [0.29, 0.717) is 25.4 Å². The SMILES string of the molecule is CC(C)CONC(=O)CCC(N)c1ccccc1. The fourth-order valence-electron chi connectivity index (χ4n) is 1.49. The third kappa shape index (κ3) is 5.80. The molecule has 0 aliphatic carbocycles. The van der Waals surface area contributed by atoms with Gasteiger partial charge in [0.25, 0.3) is 0 Å². The molecule has 0 aliphatic rings. The van der Waals surface area contributed by atoms with E-state index < -0.39 is 0 Å². The number of nitrogens with one attached hydrogen (secondary N) is 1. The van der Waals surface area contributed by atoms with Crippen LogP contribution in [0, 0.1) is 5.92 Å². The molecule has 0 saturated carbocycles. The van der Waals surface area contributed by atoms with E-state index in [1.165, 1.54) is 0 Å². The Kier molecular flexibility index (Phi) is 6.39. The molecule has 1 atom stereocenters. The molecule has 1 amide bonds. The average Bonchev–Trinajstić information content (AvgIpc) is 2.36. The van der Waals surface area contributed by atoms with Crippen molar-refractivity contribution in [3.05, 3.63) is 35.9 Å². The minimum Gasteiger partial charge on any atom is -0.324 e. The molecule has 4 heteroatoms. The van der Waals surface area contributed by atoms with E-state index in [-0.39, 0.29) is 11.9 Å². The number of hydrogen-bond donors (Lipinski definition) is 2. The molecule has 4 nitrogen and oxygen atoms in total. The summed E-state index contributed by atoms with van der Waals surface area (Å²) in [5, 5.41) is 0. The van der Waals surface area contributed by atoms with Crippen molar-refractivity contribution in [1.29, 1.82) is 0 Å². The van der Waals surface area contributed by atoms with Gasteiger partial charge in [0, 0.05) is 12.5 Å². The highest BCUT2D eigenvalue weighted by atomic mass is 16.6. The molecule has 0 saturated heterocycles. The van der Waals surface area contributed by atoms with Gasteiger partial charge in [-0.1, -0.05) is 44.2 Å². The quantitative estimate of drug-likeness (QED) is 0.729. The number of benzene rings is 1. The largest absolute Gasteiger partial charge is 0.324 e. The number of nitrogens with two attached hydrogens (primary N) is 1. The Morgan fingerprint density at radius 1 is 1.33 bits per heavy atom. The maximum atomic E-state index is 11.5. The zero-order valence-corrected chi connectivity index (χ0v) is 11.1. The predicted octanol–water partition coefficient (Wildman–Crippen LogP) is 2.17. The smallest absolute Gasteiger partial charge is 0.243 e. The summed E-state index contributed by atoms with van der Waals surface area (Å²) < 4.78 is 0. The summed E-state index contributed by atoms with van der Waals surface area (Å²) in [7, 11) is 0. The molecule has 0 spiro atoms. The van der Waals surface area contributed by atoms with Crippen molar-refractivity contribution in [2.45, 2.75) is 32.7 Å². The zero-order valence-electron chi connectivity index (χ0n) is 11.1. The molecule has 0 radical (unpaired) electrons. The van der Waals surface area contributed by atoms with Crippen LogP contribution in [-0.2, 0) is 9.63 Å². The number of hydroxylamine groups is 1. The van der Waals surface area contributed by atoms with Crippen LogP contribution in [0.2, 0.25) is 0 Å². The van der Waals surface area contributed by atoms with Crippen LogP contribution >= 0.6 is 0 Å². The molecule has 1 aromatic carbocycles. The van der Waals surface area contributed by atoms with Gasteiger partial charge in [0.05, 0.1) is 6.61 Å². The number of hydrogen-bond acceptors (Lipinski definition) is 3. The molecule has 100 valence electrons. The molecule has 1 unspecified atom stereocenters. The van der Waals surface area contributed by atoms with Gasteiger partial charge in [-0.25, -0.2) is 5.48 Å². The first-order valence-corrected chi connectivity index (χ1v) is 6.30. The fraction of sp³-hybridized carbons (Fsp3) is 0.500. The third-order valence-electron chi connectivity index (χ3n) is 2.51. The molecular formula is C14H22N2O2. The van der Waals surface area contributed by atoms with Crippen LogP contribution in [0.1, 0.15) is 38.3 Å². The third-order valence-corrected chi connectivity index (χ3v) is 2.51. The van der Waals surface area contributed by atoms with Gasteiger partial charge in [-0.2, -0.15) is 0 Å².